The van der Waals surface area contributed by atoms with Crippen molar-refractivity contribution in [2.45, 2.75) is 49.7 Å². The molecule has 1 aliphatic rings. The van der Waals surface area contributed by atoms with Crippen molar-refractivity contribution in [3.05, 3.63) is 71.3 Å². The van der Waals surface area contributed by atoms with Crippen molar-refractivity contribution >= 4 is 17.3 Å². The van der Waals surface area contributed by atoms with Crippen LogP contribution in [0.3, 0.4) is 0 Å². The smallest absolute Gasteiger partial charge is 0.0599 e. The molecule has 22 heavy (non-hydrogen) atoms. The van der Waals surface area contributed by atoms with Gasteiger partial charge in [-0.15, -0.1) is 11.8 Å². The number of benzene rings is 2. The van der Waals surface area contributed by atoms with E-state index in [0.29, 0.717) is 5.25 Å². The van der Waals surface area contributed by atoms with E-state index in [1.807, 2.05) is 11.8 Å². The van der Waals surface area contributed by atoms with Gasteiger partial charge in [-0.25, -0.2) is 0 Å². The Morgan fingerprint density at radius 3 is 2.18 bits per heavy atom. The molecule has 0 bridgehead atoms. The number of hydrogen-bond acceptors (Lipinski definition) is 1. The molecule has 0 N–H and O–H groups in total. The third-order valence-electron chi connectivity index (χ3n) is 4.27. The molecular formula is C21H24S. The SMILES string of the molecule is CCCC(CCC)=C1c2ccccc2SC1c1ccccc1. The van der Waals surface area contributed by atoms with Gasteiger partial charge in [-0.3, -0.25) is 0 Å². The summed E-state index contributed by atoms with van der Waals surface area (Å²) in [5, 5.41) is 0.465. The van der Waals surface area contributed by atoms with Crippen molar-refractivity contribution in [1.82, 2.24) is 0 Å². The third kappa shape index (κ3) is 3.01. The molecule has 0 radical (unpaired) electrons. The summed E-state index contributed by atoms with van der Waals surface area (Å²) in [6, 6.07) is 19.9. The predicted molar refractivity (Wildman–Crippen MR) is 98.2 cm³/mol. The van der Waals surface area contributed by atoms with Gasteiger partial charge < -0.3 is 0 Å². The zero-order valence-corrected chi connectivity index (χ0v) is 14.3. The lowest BCUT2D eigenvalue weighted by atomic mass is 9.89. The molecule has 114 valence electrons. The van der Waals surface area contributed by atoms with Crippen molar-refractivity contribution in [2.75, 3.05) is 0 Å². The monoisotopic (exact) mass is 308 g/mol. The van der Waals surface area contributed by atoms with Crippen molar-refractivity contribution in [1.29, 1.82) is 0 Å². The Bertz CT molecular complexity index is 647. The molecule has 1 heteroatoms. The minimum atomic E-state index is 0.465. The Balaban J connectivity index is 2.12. The normalized spacial score (nSPS) is 16.6. The Kier molecular flexibility index (Phi) is 5.04. The first kappa shape index (κ1) is 15.4. The Morgan fingerprint density at radius 1 is 0.864 bits per heavy atom. The summed E-state index contributed by atoms with van der Waals surface area (Å²) in [5.74, 6) is 0. The maximum atomic E-state index is 2.31. The topological polar surface area (TPSA) is 0 Å². The summed E-state index contributed by atoms with van der Waals surface area (Å²) in [6.45, 7) is 4.59. The minimum Gasteiger partial charge on any atom is -0.112 e. The molecule has 0 amide bonds. The standard InChI is InChI=1S/C21H24S/c1-3-10-16(11-4-2)20-18-14-8-9-15-19(18)22-21(20)17-12-6-5-7-13-17/h5-9,12-15,21H,3-4,10-11H2,1-2H3. The van der Waals surface area contributed by atoms with E-state index in [0.717, 1.165) is 0 Å². The van der Waals surface area contributed by atoms with E-state index in [9.17, 15) is 0 Å². The lowest BCUT2D eigenvalue weighted by Crippen LogP contribution is -1.98. The summed E-state index contributed by atoms with van der Waals surface area (Å²) in [5.41, 5.74) is 6.16. The highest BCUT2D eigenvalue weighted by atomic mass is 32.2. The molecule has 3 rings (SSSR count). The maximum Gasteiger partial charge on any atom is 0.0599 e. The number of hydrogen-bond donors (Lipinski definition) is 0. The molecule has 0 nitrogen and oxygen atoms in total. The van der Waals surface area contributed by atoms with Crippen LogP contribution in [0.1, 0.15) is 55.9 Å². The molecule has 1 aliphatic heterocycles. The first-order chi connectivity index (χ1) is 10.8. The molecule has 0 saturated carbocycles. The van der Waals surface area contributed by atoms with Crippen LogP contribution in [0.5, 0.6) is 0 Å². The van der Waals surface area contributed by atoms with Gasteiger partial charge in [0, 0.05) is 4.90 Å². The van der Waals surface area contributed by atoms with Crippen LogP contribution in [-0.4, -0.2) is 0 Å². The van der Waals surface area contributed by atoms with Crippen molar-refractivity contribution < 1.29 is 0 Å². The van der Waals surface area contributed by atoms with Crippen LogP contribution in [0.15, 0.2) is 65.1 Å². The molecule has 2 aromatic carbocycles. The van der Waals surface area contributed by atoms with Crippen molar-refractivity contribution in [3.63, 3.8) is 0 Å². The first-order valence-electron chi connectivity index (χ1n) is 8.38. The van der Waals surface area contributed by atoms with Crippen LogP contribution < -0.4 is 0 Å². The quantitative estimate of drug-likeness (QED) is 0.579. The molecule has 1 heterocycles. The van der Waals surface area contributed by atoms with Crippen LogP contribution in [0.4, 0.5) is 0 Å². The molecule has 0 saturated heterocycles. The Morgan fingerprint density at radius 2 is 1.50 bits per heavy atom. The van der Waals surface area contributed by atoms with Crippen LogP contribution in [0, 0.1) is 0 Å². The predicted octanol–water partition coefficient (Wildman–Crippen LogP) is 6.89. The van der Waals surface area contributed by atoms with Crippen LogP contribution in [0.25, 0.3) is 5.57 Å². The van der Waals surface area contributed by atoms with Gasteiger partial charge in [0.2, 0.25) is 0 Å². The van der Waals surface area contributed by atoms with Crippen LogP contribution >= 0.6 is 11.8 Å². The Labute approximate surface area is 138 Å². The summed E-state index contributed by atoms with van der Waals surface area (Å²) in [4.78, 5) is 1.44. The van der Waals surface area contributed by atoms with Crippen LogP contribution in [0.2, 0.25) is 0 Å². The largest absolute Gasteiger partial charge is 0.112 e. The highest BCUT2D eigenvalue weighted by Gasteiger charge is 2.30. The number of rotatable bonds is 5. The van der Waals surface area contributed by atoms with Gasteiger partial charge in [0.1, 0.15) is 0 Å². The fourth-order valence-corrected chi connectivity index (χ4v) is 4.78. The molecule has 0 aromatic heterocycles. The summed E-state index contributed by atoms with van der Waals surface area (Å²) in [7, 11) is 0. The summed E-state index contributed by atoms with van der Waals surface area (Å²) >= 11 is 2.02. The highest BCUT2D eigenvalue weighted by Crippen LogP contribution is 2.55. The third-order valence-corrected chi connectivity index (χ3v) is 5.62. The van der Waals surface area contributed by atoms with Gasteiger partial charge in [-0.1, -0.05) is 80.8 Å². The second-order valence-corrected chi connectivity index (χ2v) is 7.07. The first-order valence-corrected chi connectivity index (χ1v) is 9.26. The van der Waals surface area contributed by atoms with Gasteiger partial charge in [0.15, 0.2) is 0 Å². The fourth-order valence-electron chi connectivity index (χ4n) is 3.36. The van der Waals surface area contributed by atoms with E-state index < -0.39 is 0 Å². The zero-order chi connectivity index (χ0) is 15.4. The highest BCUT2D eigenvalue weighted by molar-refractivity contribution is 8.00. The molecule has 2 aromatic rings. The second kappa shape index (κ2) is 7.19. The number of allylic oxidation sites excluding steroid dienone is 1. The molecule has 0 aliphatic carbocycles. The molecule has 0 spiro atoms. The lowest BCUT2D eigenvalue weighted by molar-refractivity contribution is 0.802. The Hall–Kier alpha value is -1.47. The maximum absolute atomic E-state index is 2.31. The average Bonchev–Trinajstić information content (AvgIpc) is 2.95. The van der Waals surface area contributed by atoms with E-state index in [-0.39, 0.29) is 0 Å². The lowest BCUT2D eigenvalue weighted by Gasteiger charge is -2.18. The van der Waals surface area contributed by atoms with Crippen molar-refractivity contribution in [2.24, 2.45) is 0 Å². The molecule has 1 atom stereocenters. The van der Waals surface area contributed by atoms with Gasteiger partial charge in [0.05, 0.1) is 5.25 Å². The minimum absolute atomic E-state index is 0.465. The molecular weight excluding hydrogens is 284 g/mol. The number of thioether (sulfide) groups is 1. The van der Waals surface area contributed by atoms with Crippen LogP contribution in [-0.2, 0) is 0 Å². The summed E-state index contributed by atoms with van der Waals surface area (Å²) < 4.78 is 0. The van der Waals surface area contributed by atoms with E-state index in [1.165, 1.54) is 41.7 Å². The fraction of sp³-hybridized carbons (Fsp3) is 0.333. The van der Waals surface area contributed by atoms with E-state index in [2.05, 4.69) is 68.4 Å². The second-order valence-electron chi connectivity index (χ2n) is 5.92. The number of fused-ring (bicyclic) bond motifs is 1. The zero-order valence-electron chi connectivity index (χ0n) is 13.5. The van der Waals surface area contributed by atoms with Gasteiger partial charge in [0.25, 0.3) is 0 Å². The van der Waals surface area contributed by atoms with Crippen molar-refractivity contribution in [3.8, 4) is 0 Å². The van der Waals surface area contributed by atoms with E-state index in [4.69, 9.17) is 0 Å². The molecule has 1 unspecified atom stereocenters. The average molecular weight is 308 g/mol. The van der Waals surface area contributed by atoms with Gasteiger partial charge >= 0.3 is 0 Å². The van der Waals surface area contributed by atoms with E-state index >= 15 is 0 Å². The van der Waals surface area contributed by atoms with Gasteiger partial charge in [-0.05, 0) is 35.6 Å². The summed E-state index contributed by atoms with van der Waals surface area (Å²) in [6.07, 6.45) is 4.91. The van der Waals surface area contributed by atoms with Gasteiger partial charge in [-0.2, -0.15) is 0 Å². The molecule has 0 fully saturated rings. The van der Waals surface area contributed by atoms with E-state index in [1.54, 1.807) is 11.1 Å².